The summed E-state index contributed by atoms with van der Waals surface area (Å²) in [4.78, 5) is 5.84. The van der Waals surface area contributed by atoms with Crippen LogP contribution < -0.4 is 5.32 Å². The van der Waals surface area contributed by atoms with Gasteiger partial charge >= 0.3 is 6.18 Å². The van der Waals surface area contributed by atoms with E-state index in [1.807, 2.05) is 7.05 Å². The number of likely N-dealkylation sites (N-methyl/N-ethyl adjacent to an activating group) is 1. The van der Waals surface area contributed by atoms with E-state index < -0.39 is 11.9 Å². The number of piperidine rings is 1. The first-order chi connectivity index (χ1) is 8.97. The molecule has 0 saturated carbocycles. The number of hydrogen-bond acceptors (Lipinski definition) is 3. The van der Waals surface area contributed by atoms with Crippen LogP contribution in [-0.4, -0.2) is 36.1 Å². The quantitative estimate of drug-likeness (QED) is 0.917. The van der Waals surface area contributed by atoms with Crippen molar-refractivity contribution in [1.29, 1.82) is 0 Å². The Morgan fingerprint density at radius 1 is 1.37 bits per heavy atom. The molecule has 1 aromatic rings. The summed E-state index contributed by atoms with van der Waals surface area (Å²) in [5.41, 5.74) is -0.852. The summed E-state index contributed by atoms with van der Waals surface area (Å²) in [6.45, 7) is 1.67. The van der Waals surface area contributed by atoms with Crippen molar-refractivity contribution in [2.45, 2.75) is 31.5 Å². The zero-order chi connectivity index (χ0) is 13.9. The number of alkyl halides is 3. The van der Waals surface area contributed by atoms with Crippen LogP contribution in [0, 0.1) is 0 Å². The molecule has 0 aromatic carbocycles. The van der Waals surface area contributed by atoms with Crippen molar-refractivity contribution in [2.24, 2.45) is 0 Å². The van der Waals surface area contributed by atoms with Crippen LogP contribution in [0.4, 0.5) is 19.0 Å². The van der Waals surface area contributed by atoms with Gasteiger partial charge in [0.15, 0.2) is 0 Å². The Labute approximate surface area is 110 Å². The van der Waals surface area contributed by atoms with Gasteiger partial charge in [-0.2, -0.15) is 13.2 Å². The van der Waals surface area contributed by atoms with Crippen molar-refractivity contribution in [1.82, 2.24) is 9.88 Å². The first-order valence-electron chi connectivity index (χ1n) is 6.45. The molecule has 0 aliphatic carbocycles. The summed E-state index contributed by atoms with van der Waals surface area (Å²) in [6.07, 6.45) is -0.955. The zero-order valence-corrected chi connectivity index (χ0v) is 10.9. The largest absolute Gasteiger partial charge is 0.433 e. The van der Waals surface area contributed by atoms with Crippen LogP contribution in [0.2, 0.25) is 0 Å². The highest BCUT2D eigenvalue weighted by Crippen LogP contribution is 2.28. The highest BCUT2D eigenvalue weighted by Gasteiger charge is 2.32. The molecule has 6 heteroatoms. The van der Waals surface area contributed by atoms with E-state index in [1.165, 1.54) is 18.9 Å². The molecular formula is C13H18F3N3. The summed E-state index contributed by atoms with van der Waals surface area (Å²) in [5.74, 6) is 0.286. The molecular weight excluding hydrogens is 255 g/mol. The lowest BCUT2D eigenvalue weighted by molar-refractivity contribution is -0.141. The highest BCUT2D eigenvalue weighted by molar-refractivity contribution is 5.36. The topological polar surface area (TPSA) is 28.2 Å². The fourth-order valence-electron chi connectivity index (χ4n) is 2.32. The number of rotatable bonds is 3. The molecule has 2 heterocycles. The molecule has 1 unspecified atom stereocenters. The van der Waals surface area contributed by atoms with Gasteiger partial charge in [0.1, 0.15) is 11.5 Å². The van der Waals surface area contributed by atoms with Gasteiger partial charge in [-0.1, -0.05) is 12.5 Å². The zero-order valence-electron chi connectivity index (χ0n) is 10.9. The summed E-state index contributed by atoms with van der Waals surface area (Å²) in [5, 5.41) is 3.00. The Balaban J connectivity index is 1.96. The van der Waals surface area contributed by atoms with Crippen LogP contribution in [0.3, 0.4) is 0 Å². The van der Waals surface area contributed by atoms with Crippen molar-refractivity contribution < 1.29 is 13.2 Å². The van der Waals surface area contributed by atoms with E-state index in [-0.39, 0.29) is 5.82 Å². The smallest absolute Gasteiger partial charge is 0.368 e. The van der Waals surface area contributed by atoms with Crippen molar-refractivity contribution in [3.63, 3.8) is 0 Å². The van der Waals surface area contributed by atoms with Crippen LogP contribution in [0.15, 0.2) is 18.2 Å². The minimum atomic E-state index is -4.39. The Bertz CT molecular complexity index is 420. The van der Waals surface area contributed by atoms with E-state index in [0.717, 1.165) is 19.0 Å². The molecule has 0 radical (unpaired) electrons. The SMILES string of the molecule is CN1CCCCC1CNc1cccc(C(F)(F)F)n1. The number of nitrogens with one attached hydrogen (secondary N) is 1. The lowest BCUT2D eigenvalue weighted by Gasteiger charge is -2.32. The van der Waals surface area contributed by atoms with Gasteiger partial charge in [0.2, 0.25) is 0 Å². The molecule has 2 rings (SSSR count). The number of hydrogen-bond donors (Lipinski definition) is 1. The number of pyridine rings is 1. The molecule has 1 aliphatic rings. The molecule has 1 aliphatic heterocycles. The minimum Gasteiger partial charge on any atom is -0.368 e. The molecule has 106 valence electrons. The number of aromatic nitrogens is 1. The lowest BCUT2D eigenvalue weighted by atomic mass is 10.0. The van der Waals surface area contributed by atoms with Crippen molar-refractivity contribution in [3.05, 3.63) is 23.9 Å². The predicted octanol–water partition coefficient (Wildman–Crippen LogP) is 3.00. The predicted molar refractivity (Wildman–Crippen MR) is 68.0 cm³/mol. The molecule has 0 amide bonds. The van der Waals surface area contributed by atoms with Gasteiger partial charge in [0, 0.05) is 12.6 Å². The van der Waals surface area contributed by atoms with Crippen molar-refractivity contribution >= 4 is 5.82 Å². The van der Waals surface area contributed by atoms with E-state index >= 15 is 0 Å². The Hall–Kier alpha value is -1.30. The monoisotopic (exact) mass is 273 g/mol. The first-order valence-corrected chi connectivity index (χ1v) is 6.45. The van der Waals surface area contributed by atoms with Gasteiger partial charge in [0.25, 0.3) is 0 Å². The molecule has 1 atom stereocenters. The molecule has 0 bridgehead atoms. The summed E-state index contributed by atoms with van der Waals surface area (Å²) >= 11 is 0. The fraction of sp³-hybridized carbons (Fsp3) is 0.615. The molecule has 1 fully saturated rings. The van der Waals surface area contributed by atoms with Crippen LogP contribution >= 0.6 is 0 Å². The minimum absolute atomic E-state index is 0.286. The second kappa shape index (κ2) is 5.77. The molecule has 1 aromatic heterocycles. The maximum atomic E-state index is 12.5. The van der Waals surface area contributed by atoms with Crippen LogP contribution in [0.1, 0.15) is 25.0 Å². The average Bonchev–Trinajstić information content (AvgIpc) is 2.37. The van der Waals surface area contributed by atoms with Crippen LogP contribution in [0.25, 0.3) is 0 Å². The molecule has 19 heavy (non-hydrogen) atoms. The standard InChI is InChI=1S/C13H18F3N3/c1-19-8-3-2-5-10(19)9-17-12-7-4-6-11(18-12)13(14,15)16/h4,6-7,10H,2-3,5,8-9H2,1H3,(H,17,18). The Morgan fingerprint density at radius 3 is 2.84 bits per heavy atom. The van der Waals surface area contributed by atoms with E-state index in [1.54, 1.807) is 6.07 Å². The fourth-order valence-corrected chi connectivity index (χ4v) is 2.32. The molecule has 1 N–H and O–H groups in total. The second-order valence-electron chi connectivity index (χ2n) is 4.92. The van der Waals surface area contributed by atoms with Crippen molar-refractivity contribution in [2.75, 3.05) is 25.5 Å². The van der Waals surface area contributed by atoms with Gasteiger partial charge in [0.05, 0.1) is 0 Å². The van der Waals surface area contributed by atoms with Gasteiger partial charge in [-0.05, 0) is 38.6 Å². The Morgan fingerprint density at radius 2 is 2.16 bits per heavy atom. The summed E-state index contributed by atoms with van der Waals surface area (Å²) in [6, 6.07) is 4.30. The highest BCUT2D eigenvalue weighted by atomic mass is 19.4. The molecule has 0 spiro atoms. The normalized spacial score (nSPS) is 21.4. The number of halogens is 3. The van der Waals surface area contributed by atoms with E-state index in [0.29, 0.717) is 12.6 Å². The van der Waals surface area contributed by atoms with E-state index in [4.69, 9.17) is 0 Å². The summed E-state index contributed by atoms with van der Waals surface area (Å²) in [7, 11) is 2.05. The number of likely N-dealkylation sites (tertiary alicyclic amines) is 1. The third-order valence-electron chi connectivity index (χ3n) is 3.48. The first kappa shape index (κ1) is 14.1. The molecule has 3 nitrogen and oxygen atoms in total. The maximum Gasteiger partial charge on any atom is 0.433 e. The lowest BCUT2D eigenvalue weighted by Crippen LogP contribution is -2.40. The number of anilines is 1. The maximum absolute atomic E-state index is 12.5. The third-order valence-corrected chi connectivity index (χ3v) is 3.48. The summed E-state index contributed by atoms with van der Waals surface area (Å²) < 4.78 is 37.6. The third kappa shape index (κ3) is 3.83. The van der Waals surface area contributed by atoms with Crippen LogP contribution in [0.5, 0.6) is 0 Å². The van der Waals surface area contributed by atoms with Gasteiger partial charge in [-0.25, -0.2) is 4.98 Å². The molecule has 1 saturated heterocycles. The second-order valence-corrected chi connectivity index (χ2v) is 4.92. The van der Waals surface area contributed by atoms with Gasteiger partial charge < -0.3 is 10.2 Å². The average molecular weight is 273 g/mol. The number of nitrogens with zero attached hydrogens (tertiary/aromatic N) is 2. The Kier molecular flexibility index (Phi) is 4.29. The van der Waals surface area contributed by atoms with Crippen molar-refractivity contribution in [3.8, 4) is 0 Å². The van der Waals surface area contributed by atoms with Crippen LogP contribution in [-0.2, 0) is 6.18 Å². The van der Waals surface area contributed by atoms with E-state index in [9.17, 15) is 13.2 Å². The van der Waals surface area contributed by atoms with E-state index in [2.05, 4.69) is 15.2 Å². The van der Waals surface area contributed by atoms with Gasteiger partial charge in [-0.3, -0.25) is 0 Å². The van der Waals surface area contributed by atoms with Gasteiger partial charge in [-0.15, -0.1) is 0 Å².